The largest absolute Gasteiger partial charge is 0.308 e. The lowest BCUT2D eigenvalue weighted by Crippen LogP contribution is -2.36. The normalized spacial score (nSPS) is 11.4. The van der Waals surface area contributed by atoms with Gasteiger partial charge in [0.15, 0.2) is 5.13 Å². The zero-order chi connectivity index (χ0) is 19.7. The fraction of sp³-hybridized carbons (Fsp3) is 0.300. The van der Waals surface area contributed by atoms with E-state index >= 15 is 0 Å². The number of aryl methyl sites for hydroxylation is 2. The standard InChI is InChI=1S/C20H21BrClN3OS/c1-12-9-13(2)18-17(10-12)23-20(27-18)25(8-7-24(3)4)19(26)15-11-14(21)5-6-16(15)22/h5-6,9-11H,7-8H2,1-4H3. The first-order chi connectivity index (χ1) is 12.8. The summed E-state index contributed by atoms with van der Waals surface area (Å²) >= 11 is 11.3. The summed E-state index contributed by atoms with van der Waals surface area (Å²) in [5, 5.41) is 1.13. The average Bonchev–Trinajstić information content (AvgIpc) is 3.00. The Morgan fingerprint density at radius 3 is 2.63 bits per heavy atom. The van der Waals surface area contributed by atoms with Gasteiger partial charge < -0.3 is 4.90 Å². The van der Waals surface area contributed by atoms with E-state index in [1.165, 1.54) is 5.56 Å². The second-order valence-corrected chi connectivity index (χ2v) is 9.11. The van der Waals surface area contributed by atoms with Crippen molar-refractivity contribution in [2.75, 3.05) is 32.1 Å². The van der Waals surface area contributed by atoms with E-state index in [1.807, 2.05) is 25.1 Å². The SMILES string of the molecule is Cc1cc(C)c2sc(N(CCN(C)C)C(=O)c3cc(Br)ccc3Cl)nc2c1. The van der Waals surface area contributed by atoms with E-state index in [9.17, 15) is 4.79 Å². The van der Waals surface area contributed by atoms with Crippen molar-refractivity contribution in [3.05, 3.63) is 56.5 Å². The van der Waals surface area contributed by atoms with Gasteiger partial charge in [-0.3, -0.25) is 9.69 Å². The molecule has 0 aliphatic heterocycles. The Morgan fingerprint density at radius 1 is 1.19 bits per heavy atom. The number of nitrogens with zero attached hydrogens (tertiary/aromatic N) is 3. The number of aromatic nitrogens is 1. The number of halogens is 2. The predicted molar refractivity (Wildman–Crippen MR) is 118 cm³/mol. The monoisotopic (exact) mass is 465 g/mol. The number of thiazole rings is 1. The fourth-order valence-electron chi connectivity index (χ4n) is 2.87. The number of anilines is 1. The lowest BCUT2D eigenvalue weighted by atomic mass is 10.1. The lowest BCUT2D eigenvalue weighted by molar-refractivity contribution is 0.0985. The van der Waals surface area contributed by atoms with Gasteiger partial charge in [0.25, 0.3) is 5.91 Å². The number of hydrogen-bond donors (Lipinski definition) is 0. The Morgan fingerprint density at radius 2 is 1.93 bits per heavy atom. The summed E-state index contributed by atoms with van der Waals surface area (Å²) in [6, 6.07) is 9.52. The maximum Gasteiger partial charge on any atom is 0.261 e. The van der Waals surface area contributed by atoms with Crippen LogP contribution in [0.15, 0.2) is 34.8 Å². The van der Waals surface area contributed by atoms with Crippen molar-refractivity contribution in [1.82, 2.24) is 9.88 Å². The lowest BCUT2D eigenvalue weighted by Gasteiger charge is -2.22. The molecule has 0 spiro atoms. The van der Waals surface area contributed by atoms with Crippen LogP contribution in [0.25, 0.3) is 10.2 Å². The molecule has 0 aliphatic carbocycles. The van der Waals surface area contributed by atoms with Crippen LogP contribution in [0.5, 0.6) is 0 Å². The van der Waals surface area contributed by atoms with Crippen molar-refractivity contribution in [2.24, 2.45) is 0 Å². The van der Waals surface area contributed by atoms with Crippen molar-refractivity contribution < 1.29 is 4.79 Å². The molecule has 3 aromatic rings. The van der Waals surface area contributed by atoms with Crippen LogP contribution in [0, 0.1) is 13.8 Å². The summed E-state index contributed by atoms with van der Waals surface area (Å²) < 4.78 is 1.93. The quantitative estimate of drug-likeness (QED) is 0.495. The molecule has 0 aliphatic rings. The molecule has 0 unspecified atom stereocenters. The molecule has 4 nitrogen and oxygen atoms in total. The molecule has 0 saturated heterocycles. The van der Waals surface area contributed by atoms with Crippen LogP contribution >= 0.6 is 38.9 Å². The molecule has 27 heavy (non-hydrogen) atoms. The second kappa shape index (κ2) is 8.27. The maximum absolute atomic E-state index is 13.3. The van der Waals surface area contributed by atoms with Crippen molar-refractivity contribution in [3.8, 4) is 0 Å². The van der Waals surface area contributed by atoms with Gasteiger partial charge in [0, 0.05) is 17.6 Å². The summed E-state index contributed by atoms with van der Waals surface area (Å²) in [6.07, 6.45) is 0. The molecular formula is C20H21BrClN3OS. The van der Waals surface area contributed by atoms with E-state index in [-0.39, 0.29) is 5.91 Å². The van der Waals surface area contributed by atoms with Crippen LogP contribution in [0.1, 0.15) is 21.5 Å². The Kier molecular flexibility index (Phi) is 6.21. The van der Waals surface area contributed by atoms with Gasteiger partial charge in [-0.25, -0.2) is 4.98 Å². The van der Waals surface area contributed by atoms with Gasteiger partial charge in [0.1, 0.15) is 0 Å². The van der Waals surface area contributed by atoms with E-state index in [0.29, 0.717) is 22.3 Å². The molecular weight excluding hydrogens is 446 g/mol. The average molecular weight is 467 g/mol. The predicted octanol–water partition coefficient (Wildman–Crippen LogP) is 5.54. The molecule has 1 heterocycles. The third-order valence-electron chi connectivity index (χ3n) is 4.21. The number of fused-ring (bicyclic) bond motifs is 1. The first-order valence-corrected chi connectivity index (χ1v) is 10.5. The third kappa shape index (κ3) is 4.51. The molecule has 142 valence electrons. The van der Waals surface area contributed by atoms with E-state index in [4.69, 9.17) is 16.6 Å². The molecule has 0 fully saturated rings. The van der Waals surface area contributed by atoms with Crippen LogP contribution in [-0.2, 0) is 0 Å². The van der Waals surface area contributed by atoms with Crippen LogP contribution in [-0.4, -0.2) is 43.0 Å². The minimum absolute atomic E-state index is 0.142. The Labute approximate surface area is 176 Å². The summed E-state index contributed by atoms with van der Waals surface area (Å²) in [5.41, 5.74) is 3.74. The number of carbonyl (C=O) groups excluding carboxylic acids is 1. The molecule has 1 amide bonds. The second-order valence-electron chi connectivity index (χ2n) is 6.81. The number of hydrogen-bond acceptors (Lipinski definition) is 4. The van der Waals surface area contributed by atoms with Crippen molar-refractivity contribution in [3.63, 3.8) is 0 Å². The van der Waals surface area contributed by atoms with Crippen molar-refractivity contribution in [1.29, 1.82) is 0 Å². The zero-order valence-corrected chi connectivity index (χ0v) is 18.9. The summed E-state index contributed by atoms with van der Waals surface area (Å²) in [4.78, 5) is 21.9. The molecule has 0 N–H and O–H groups in total. The van der Waals surface area contributed by atoms with Gasteiger partial charge in [-0.05, 0) is 63.3 Å². The van der Waals surface area contributed by atoms with Gasteiger partial charge in [0.05, 0.1) is 20.8 Å². The van der Waals surface area contributed by atoms with Gasteiger partial charge in [0.2, 0.25) is 0 Å². The highest BCUT2D eigenvalue weighted by molar-refractivity contribution is 9.10. The first-order valence-electron chi connectivity index (χ1n) is 8.55. The molecule has 2 aromatic carbocycles. The topological polar surface area (TPSA) is 36.4 Å². The van der Waals surface area contributed by atoms with Crippen LogP contribution < -0.4 is 4.90 Å². The summed E-state index contributed by atoms with van der Waals surface area (Å²) in [6.45, 7) is 5.40. The van der Waals surface area contributed by atoms with Crippen molar-refractivity contribution >= 4 is 60.1 Å². The third-order valence-corrected chi connectivity index (χ3v) is 6.27. The molecule has 0 bridgehead atoms. The molecule has 3 rings (SSSR count). The van der Waals surface area contributed by atoms with Crippen LogP contribution in [0.3, 0.4) is 0 Å². The number of amides is 1. The minimum Gasteiger partial charge on any atom is -0.308 e. The van der Waals surface area contributed by atoms with Crippen molar-refractivity contribution in [2.45, 2.75) is 13.8 Å². The highest BCUT2D eigenvalue weighted by Gasteiger charge is 2.24. The molecule has 0 atom stereocenters. The Balaban J connectivity index is 2.07. The van der Waals surface area contributed by atoms with Gasteiger partial charge in [-0.15, -0.1) is 0 Å². The zero-order valence-electron chi connectivity index (χ0n) is 15.7. The highest BCUT2D eigenvalue weighted by atomic mass is 79.9. The number of carbonyl (C=O) groups is 1. The maximum atomic E-state index is 13.3. The van der Waals surface area contributed by atoms with E-state index in [1.54, 1.807) is 28.4 Å². The summed E-state index contributed by atoms with van der Waals surface area (Å²) in [5.74, 6) is -0.142. The van der Waals surface area contributed by atoms with Gasteiger partial charge in [-0.2, -0.15) is 0 Å². The smallest absolute Gasteiger partial charge is 0.261 e. The molecule has 7 heteroatoms. The van der Waals surface area contributed by atoms with E-state index in [0.717, 1.165) is 26.8 Å². The Bertz CT molecular complexity index is 1000. The van der Waals surface area contributed by atoms with E-state index < -0.39 is 0 Å². The number of rotatable bonds is 5. The minimum atomic E-state index is -0.142. The van der Waals surface area contributed by atoms with Gasteiger partial charge in [-0.1, -0.05) is 44.9 Å². The van der Waals surface area contributed by atoms with E-state index in [2.05, 4.69) is 41.9 Å². The van der Waals surface area contributed by atoms with Gasteiger partial charge >= 0.3 is 0 Å². The first kappa shape index (κ1) is 20.3. The highest BCUT2D eigenvalue weighted by Crippen LogP contribution is 2.33. The Hall–Kier alpha value is -1.47. The summed E-state index contributed by atoms with van der Waals surface area (Å²) in [7, 11) is 3.97. The number of likely N-dealkylation sites (N-methyl/N-ethyl adjacent to an activating group) is 1. The van der Waals surface area contributed by atoms with Crippen LogP contribution in [0.4, 0.5) is 5.13 Å². The van der Waals surface area contributed by atoms with Crippen LogP contribution in [0.2, 0.25) is 5.02 Å². The number of benzene rings is 2. The molecule has 1 aromatic heterocycles. The molecule has 0 saturated carbocycles. The molecule has 0 radical (unpaired) electrons. The fourth-order valence-corrected chi connectivity index (χ4v) is 4.47.